The first-order valence-corrected chi connectivity index (χ1v) is 4.29. The summed E-state index contributed by atoms with van der Waals surface area (Å²) >= 11 is 0. The molecule has 0 saturated carbocycles. The molecule has 0 radical (unpaired) electrons. The normalized spacial score (nSPS) is 19.5. The molecule has 1 aromatic heterocycles. The van der Waals surface area contributed by atoms with Crippen molar-refractivity contribution in [2.45, 2.75) is 6.04 Å². The van der Waals surface area contributed by atoms with E-state index in [0.29, 0.717) is 5.56 Å². The van der Waals surface area contributed by atoms with Crippen molar-refractivity contribution in [3.05, 3.63) is 34.2 Å². The number of carboxylic acid groups (broad SMARTS) is 1. The van der Waals surface area contributed by atoms with Crippen molar-refractivity contribution in [2.24, 2.45) is 4.99 Å². The van der Waals surface area contributed by atoms with Crippen molar-refractivity contribution in [1.82, 2.24) is 4.98 Å². The van der Waals surface area contributed by atoms with Gasteiger partial charge in [0.1, 0.15) is 6.61 Å². The maximum absolute atomic E-state index is 10.8. The van der Waals surface area contributed by atoms with E-state index in [4.69, 9.17) is 9.84 Å². The van der Waals surface area contributed by atoms with Crippen molar-refractivity contribution in [3.8, 4) is 0 Å². The Morgan fingerprint density at radius 3 is 2.93 bits per heavy atom. The molecule has 6 nitrogen and oxygen atoms in total. The number of nitrogens with zero attached hydrogens (tertiary/aromatic N) is 1. The highest BCUT2D eigenvalue weighted by molar-refractivity contribution is 5.97. The second kappa shape index (κ2) is 3.56. The van der Waals surface area contributed by atoms with Crippen LogP contribution in [0.3, 0.4) is 0 Å². The first-order chi connectivity index (χ1) is 7.16. The predicted molar refractivity (Wildman–Crippen MR) is 51.0 cm³/mol. The van der Waals surface area contributed by atoms with Gasteiger partial charge in [0.25, 0.3) is 0 Å². The van der Waals surface area contributed by atoms with Crippen LogP contribution >= 0.6 is 0 Å². The molecular weight excluding hydrogens is 200 g/mol. The van der Waals surface area contributed by atoms with Crippen molar-refractivity contribution < 1.29 is 14.6 Å². The minimum absolute atomic E-state index is 0.0315. The molecule has 0 bridgehead atoms. The topological polar surface area (TPSA) is 91.8 Å². The maximum atomic E-state index is 10.8. The fraction of sp³-hybridized carbons (Fsp3) is 0.222. The van der Waals surface area contributed by atoms with Crippen LogP contribution in [0, 0.1) is 0 Å². The maximum Gasteiger partial charge on any atom is 0.332 e. The van der Waals surface area contributed by atoms with Gasteiger partial charge in [-0.25, -0.2) is 9.79 Å². The average Bonchev–Trinajstić information content (AvgIpc) is 2.68. The molecule has 6 heteroatoms. The third-order valence-electron chi connectivity index (χ3n) is 1.97. The number of pyridine rings is 1. The molecule has 0 amide bonds. The summed E-state index contributed by atoms with van der Waals surface area (Å²) in [6.45, 7) is 0.0315. The van der Waals surface area contributed by atoms with Crippen LogP contribution in [0.15, 0.2) is 28.1 Å². The van der Waals surface area contributed by atoms with Crippen LogP contribution in [-0.2, 0) is 9.53 Å². The molecule has 2 heterocycles. The number of nitrogens with one attached hydrogen (secondary N) is 1. The van der Waals surface area contributed by atoms with Crippen molar-refractivity contribution >= 4 is 11.9 Å². The van der Waals surface area contributed by atoms with Crippen LogP contribution in [0.2, 0.25) is 0 Å². The zero-order valence-electron chi connectivity index (χ0n) is 7.64. The summed E-state index contributed by atoms with van der Waals surface area (Å²) in [6.07, 6.45) is 1.44. The summed E-state index contributed by atoms with van der Waals surface area (Å²) < 4.78 is 5.10. The summed E-state index contributed by atoms with van der Waals surface area (Å²) in [5.74, 6) is -0.770. The van der Waals surface area contributed by atoms with Gasteiger partial charge in [0, 0.05) is 12.3 Å². The molecule has 0 fully saturated rings. The number of hydrogen-bond donors (Lipinski definition) is 2. The first kappa shape index (κ1) is 9.45. The Kier molecular flexibility index (Phi) is 2.24. The molecule has 2 N–H and O–H groups in total. The smallest absolute Gasteiger partial charge is 0.332 e. The third-order valence-corrected chi connectivity index (χ3v) is 1.97. The molecule has 0 aromatic carbocycles. The number of carbonyl (C=O) groups is 1. The van der Waals surface area contributed by atoms with Crippen molar-refractivity contribution in [1.29, 1.82) is 0 Å². The standard InChI is InChI=1S/C9H8N2O4/c12-7-2-1-5(3-10-7)8-11-6(4-15-8)9(13)14/h1-3,6H,4H2,(H,10,12)(H,13,14). The highest BCUT2D eigenvalue weighted by Crippen LogP contribution is 2.10. The minimum atomic E-state index is -1.02. The number of ether oxygens (including phenoxy) is 1. The Labute approximate surface area is 84.2 Å². The Hall–Kier alpha value is -2.11. The van der Waals surface area contributed by atoms with Gasteiger partial charge in [-0.3, -0.25) is 4.79 Å². The van der Waals surface area contributed by atoms with Crippen molar-refractivity contribution in [2.75, 3.05) is 6.61 Å². The molecule has 2 rings (SSSR count). The van der Waals surface area contributed by atoms with E-state index in [1.165, 1.54) is 18.3 Å². The Morgan fingerprint density at radius 1 is 1.60 bits per heavy atom. The van der Waals surface area contributed by atoms with Crippen LogP contribution in [-0.4, -0.2) is 34.6 Å². The van der Waals surface area contributed by atoms with E-state index >= 15 is 0 Å². The van der Waals surface area contributed by atoms with E-state index in [9.17, 15) is 9.59 Å². The number of hydrogen-bond acceptors (Lipinski definition) is 4. The number of aliphatic imine (C=N–C) groups is 1. The average molecular weight is 208 g/mol. The summed E-state index contributed by atoms with van der Waals surface area (Å²) in [5.41, 5.74) is 0.338. The molecule has 1 aromatic rings. The molecule has 0 aliphatic carbocycles. The summed E-state index contributed by atoms with van der Waals surface area (Å²) in [5, 5.41) is 8.68. The quantitative estimate of drug-likeness (QED) is 0.692. The Morgan fingerprint density at radius 2 is 2.40 bits per heavy atom. The molecule has 78 valence electrons. The van der Waals surface area contributed by atoms with Crippen LogP contribution in [0.5, 0.6) is 0 Å². The zero-order valence-corrected chi connectivity index (χ0v) is 7.64. The minimum Gasteiger partial charge on any atom is -0.480 e. The van der Waals surface area contributed by atoms with Gasteiger partial charge < -0.3 is 14.8 Å². The van der Waals surface area contributed by atoms with Gasteiger partial charge >= 0.3 is 5.97 Å². The molecule has 0 spiro atoms. The summed E-state index contributed by atoms with van der Waals surface area (Å²) in [4.78, 5) is 27.7. The van der Waals surface area contributed by atoms with E-state index in [1.807, 2.05) is 0 Å². The van der Waals surface area contributed by atoms with Crippen molar-refractivity contribution in [3.63, 3.8) is 0 Å². The number of rotatable bonds is 2. The number of carboxylic acids is 1. The Bertz CT molecular complexity index is 457. The predicted octanol–water partition coefficient (Wildman–Crippen LogP) is -0.395. The second-order valence-corrected chi connectivity index (χ2v) is 3.04. The highest BCUT2D eigenvalue weighted by Gasteiger charge is 2.25. The van der Waals surface area contributed by atoms with Crippen LogP contribution in [0.4, 0.5) is 0 Å². The van der Waals surface area contributed by atoms with E-state index in [-0.39, 0.29) is 18.1 Å². The lowest BCUT2D eigenvalue weighted by atomic mass is 10.3. The molecule has 15 heavy (non-hydrogen) atoms. The van der Waals surface area contributed by atoms with E-state index in [2.05, 4.69) is 9.98 Å². The molecule has 0 saturated heterocycles. The third kappa shape index (κ3) is 1.88. The van der Waals surface area contributed by atoms with E-state index in [1.54, 1.807) is 0 Å². The van der Waals surface area contributed by atoms with Gasteiger partial charge in [0.05, 0.1) is 5.56 Å². The number of aromatic amines is 1. The Balaban J connectivity index is 2.26. The zero-order chi connectivity index (χ0) is 10.8. The van der Waals surface area contributed by atoms with Crippen LogP contribution in [0.25, 0.3) is 0 Å². The first-order valence-electron chi connectivity index (χ1n) is 4.29. The molecule has 1 aliphatic rings. The fourth-order valence-corrected chi connectivity index (χ4v) is 1.20. The largest absolute Gasteiger partial charge is 0.480 e. The lowest BCUT2D eigenvalue weighted by Gasteiger charge is -1.98. The van der Waals surface area contributed by atoms with E-state index < -0.39 is 12.0 Å². The van der Waals surface area contributed by atoms with Gasteiger partial charge in [0.2, 0.25) is 11.5 Å². The number of aliphatic carboxylic acids is 1. The molecule has 1 aliphatic heterocycles. The highest BCUT2D eigenvalue weighted by atomic mass is 16.5. The molecule has 1 atom stereocenters. The summed E-state index contributed by atoms with van der Waals surface area (Å²) in [6, 6.07) is 2.00. The van der Waals surface area contributed by atoms with Gasteiger partial charge in [-0.05, 0) is 6.07 Å². The monoisotopic (exact) mass is 208 g/mol. The van der Waals surface area contributed by atoms with Gasteiger partial charge in [0.15, 0.2) is 6.04 Å². The lowest BCUT2D eigenvalue weighted by Crippen LogP contribution is -2.18. The second-order valence-electron chi connectivity index (χ2n) is 3.04. The van der Waals surface area contributed by atoms with Crippen LogP contribution in [0.1, 0.15) is 5.56 Å². The molecular formula is C9H8N2O4. The van der Waals surface area contributed by atoms with E-state index in [0.717, 1.165) is 0 Å². The number of H-pyrrole nitrogens is 1. The van der Waals surface area contributed by atoms with Gasteiger partial charge in [-0.1, -0.05) is 0 Å². The lowest BCUT2D eigenvalue weighted by molar-refractivity contribution is -0.138. The molecule has 1 unspecified atom stereocenters. The number of aromatic nitrogens is 1. The van der Waals surface area contributed by atoms with Gasteiger partial charge in [-0.2, -0.15) is 0 Å². The van der Waals surface area contributed by atoms with Gasteiger partial charge in [-0.15, -0.1) is 0 Å². The summed E-state index contributed by atoms with van der Waals surface area (Å²) in [7, 11) is 0. The van der Waals surface area contributed by atoms with Crippen LogP contribution < -0.4 is 5.56 Å². The SMILES string of the molecule is O=C(O)C1COC(c2ccc(=O)[nH]c2)=N1. The fourth-order valence-electron chi connectivity index (χ4n) is 1.20.